The van der Waals surface area contributed by atoms with Gasteiger partial charge in [-0.05, 0) is 83.4 Å². The third-order valence-corrected chi connectivity index (χ3v) is 4.74. The van der Waals surface area contributed by atoms with Gasteiger partial charge in [0.1, 0.15) is 5.75 Å². The van der Waals surface area contributed by atoms with E-state index in [0.29, 0.717) is 5.75 Å². The van der Waals surface area contributed by atoms with Crippen LogP contribution >= 0.6 is 15.9 Å². The number of nitrogens with one attached hydrogen (secondary N) is 1. The fourth-order valence-electron chi connectivity index (χ4n) is 2.95. The number of ether oxygens (including phenoxy) is 1. The number of hydrogen-bond donors (Lipinski definition) is 1. The molecule has 2 aromatic rings. The predicted molar refractivity (Wildman–Crippen MR) is 96.1 cm³/mol. The van der Waals surface area contributed by atoms with Crippen molar-refractivity contribution in [3.05, 3.63) is 57.6 Å². The van der Waals surface area contributed by atoms with Crippen molar-refractivity contribution in [2.45, 2.75) is 32.6 Å². The minimum absolute atomic E-state index is 0.00529. The quantitative estimate of drug-likeness (QED) is 0.846. The molecule has 23 heavy (non-hydrogen) atoms. The average molecular weight is 374 g/mol. The highest BCUT2D eigenvalue weighted by molar-refractivity contribution is 9.10. The SMILES string of the molecule is Cc1ccc(OCC(=O)Nc2cccc3c2CCCC3)c(Br)c1. The van der Waals surface area contributed by atoms with Crippen molar-refractivity contribution in [2.24, 2.45) is 0 Å². The number of carbonyl (C=O) groups excluding carboxylic acids is 1. The van der Waals surface area contributed by atoms with E-state index in [1.54, 1.807) is 0 Å². The smallest absolute Gasteiger partial charge is 0.262 e. The molecule has 0 aliphatic heterocycles. The number of amides is 1. The van der Waals surface area contributed by atoms with Gasteiger partial charge in [0.05, 0.1) is 4.47 Å². The van der Waals surface area contributed by atoms with E-state index in [9.17, 15) is 4.79 Å². The summed E-state index contributed by atoms with van der Waals surface area (Å²) in [5.41, 5.74) is 4.71. The molecule has 3 rings (SSSR count). The Bertz CT molecular complexity index is 727. The molecular formula is C19H20BrNO2. The Morgan fingerprint density at radius 3 is 2.87 bits per heavy atom. The summed E-state index contributed by atoms with van der Waals surface area (Å²) < 4.78 is 6.47. The molecule has 4 heteroatoms. The summed E-state index contributed by atoms with van der Waals surface area (Å²) in [4.78, 5) is 12.2. The van der Waals surface area contributed by atoms with Crippen LogP contribution in [0.5, 0.6) is 5.75 Å². The topological polar surface area (TPSA) is 38.3 Å². The molecule has 0 aromatic heterocycles. The molecule has 0 fully saturated rings. The zero-order chi connectivity index (χ0) is 16.2. The van der Waals surface area contributed by atoms with Gasteiger partial charge in [-0.3, -0.25) is 4.79 Å². The molecule has 2 aromatic carbocycles. The van der Waals surface area contributed by atoms with Crippen molar-refractivity contribution in [1.82, 2.24) is 0 Å². The lowest BCUT2D eigenvalue weighted by Crippen LogP contribution is -2.21. The van der Waals surface area contributed by atoms with Gasteiger partial charge in [0.25, 0.3) is 5.91 Å². The van der Waals surface area contributed by atoms with Crippen LogP contribution in [-0.4, -0.2) is 12.5 Å². The summed E-state index contributed by atoms with van der Waals surface area (Å²) in [7, 11) is 0. The normalized spacial score (nSPS) is 13.3. The highest BCUT2D eigenvalue weighted by atomic mass is 79.9. The van der Waals surface area contributed by atoms with E-state index >= 15 is 0 Å². The highest BCUT2D eigenvalue weighted by Crippen LogP contribution is 2.28. The molecule has 1 amide bonds. The highest BCUT2D eigenvalue weighted by Gasteiger charge is 2.14. The van der Waals surface area contributed by atoms with E-state index in [1.165, 1.54) is 24.0 Å². The van der Waals surface area contributed by atoms with Crippen LogP contribution < -0.4 is 10.1 Å². The molecule has 0 heterocycles. The van der Waals surface area contributed by atoms with Crippen molar-refractivity contribution in [3.8, 4) is 5.75 Å². The molecular weight excluding hydrogens is 354 g/mol. The van der Waals surface area contributed by atoms with Crippen LogP contribution in [0.25, 0.3) is 0 Å². The average Bonchev–Trinajstić information content (AvgIpc) is 2.54. The van der Waals surface area contributed by atoms with Gasteiger partial charge in [-0.25, -0.2) is 0 Å². The summed E-state index contributed by atoms with van der Waals surface area (Å²) in [6.45, 7) is 2.02. The number of benzene rings is 2. The van der Waals surface area contributed by atoms with Gasteiger partial charge in [-0.15, -0.1) is 0 Å². The van der Waals surface area contributed by atoms with Crippen LogP contribution in [0, 0.1) is 6.92 Å². The largest absolute Gasteiger partial charge is 0.483 e. The van der Waals surface area contributed by atoms with Crippen LogP contribution in [0.1, 0.15) is 29.5 Å². The number of carbonyl (C=O) groups is 1. The van der Waals surface area contributed by atoms with Gasteiger partial charge in [0.15, 0.2) is 6.61 Å². The molecule has 3 nitrogen and oxygen atoms in total. The molecule has 1 N–H and O–H groups in total. The summed E-state index contributed by atoms with van der Waals surface area (Å²) in [5, 5.41) is 2.99. The molecule has 1 aliphatic rings. The first-order valence-electron chi connectivity index (χ1n) is 7.93. The molecule has 0 unspecified atom stereocenters. The van der Waals surface area contributed by atoms with Crippen molar-refractivity contribution >= 4 is 27.5 Å². The molecule has 1 aliphatic carbocycles. The molecule has 0 saturated carbocycles. The minimum atomic E-state index is -0.128. The van der Waals surface area contributed by atoms with Crippen molar-refractivity contribution in [3.63, 3.8) is 0 Å². The standard InChI is InChI=1S/C19H20BrNO2/c1-13-9-10-18(16(20)11-13)23-12-19(22)21-17-8-4-6-14-5-2-3-7-15(14)17/h4,6,8-11H,2-3,5,7,12H2,1H3,(H,21,22). The zero-order valence-electron chi connectivity index (χ0n) is 13.2. The Morgan fingerprint density at radius 2 is 2.04 bits per heavy atom. The molecule has 120 valence electrons. The van der Waals surface area contributed by atoms with Gasteiger partial charge in [-0.1, -0.05) is 18.2 Å². The van der Waals surface area contributed by atoms with Crippen LogP contribution in [0.15, 0.2) is 40.9 Å². The van der Waals surface area contributed by atoms with Crippen LogP contribution in [0.3, 0.4) is 0 Å². The van der Waals surface area contributed by atoms with Gasteiger partial charge in [0.2, 0.25) is 0 Å². The number of hydrogen-bond acceptors (Lipinski definition) is 2. The van der Waals surface area contributed by atoms with Gasteiger partial charge >= 0.3 is 0 Å². The number of rotatable bonds is 4. The number of anilines is 1. The Kier molecular flexibility index (Phi) is 5.01. The second-order valence-electron chi connectivity index (χ2n) is 5.92. The second kappa shape index (κ2) is 7.18. The van der Waals surface area contributed by atoms with Crippen LogP contribution in [0.4, 0.5) is 5.69 Å². The Morgan fingerprint density at radius 1 is 1.22 bits per heavy atom. The summed E-state index contributed by atoms with van der Waals surface area (Å²) in [5.74, 6) is 0.553. The maximum absolute atomic E-state index is 12.2. The Balaban J connectivity index is 1.64. The molecule has 0 atom stereocenters. The third-order valence-electron chi connectivity index (χ3n) is 4.12. The number of aryl methyl sites for hydroxylation is 2. The Labute approximate surface area is 145 Å². The summed E-state index contributed by atoms with van der Waals surface area (Å²) in [6, 6.07) is 12.0. The molecule has 0 radical (unpaired) electrons. The monoisotopic (exact) mass is 373 g/mol. The fourth-order valence-corrected chi connectivity index (χ4v) is 3.56. The first kappa shape index (κ1) is 16.1. The Hall–Kier alpha value is -1.81. The van der Waals surface area contributed by atoms with Crippen molar-refractivity contribution in [1.29, 1.82) is 0 Å². The van der Waals surface area contributed by atoms with E-state index in [0.717, 1.165) is 28.6 Å². The van der Waals surface area contributed by atoms with Crippen LogP contribution in [0.2, 0.25) is 0 Å². The van der Waals surface area contributed by atoms with Crippen molar-refractivity contribution < 1.29 is 9.53 Å². The maximum atomic E-state index is 12.2. The van der Waals surface area contributed by atoms with Gasteiger partial charge in [-0.2, -0.15) is 0 Å². The molecule has 0 spiro atoms. The first-order valence-corrected chi connectivity index (χ1v) is 8.72. The summed E-state index contributed by atoms with van der Waals surface area (Å²) >= 11 is 3.46. The zero-order valence-corrected chi connectivity index (χ0v) is 14.8. The van der Waals surface area contributed by atoms with E-state index in [1.807, 2.05) is 37.3 Å². The maximum Gasteiger partial charge on any atom is 0.262 e. The third kappa shape index (κ3) is 3.94. The fraction of sp³-hybridized carbons (Fsp3) is 0.316. The van der Waals surface area contributed by atoms with E-state index in [-0.39, 0.29) is 12.5 Å². The van der Waals surface area contributed by atoms with Gasteiger partial charge < -0.3 is 10.1 Å². The number of halogens is 1. The van der Waals surface area contributed by atoms with E-state index in [4.69, 9.17) is 4.74 Å². The minimum Gasteiger partial charge on any atom is -0.483 e. The lowest BCUT2D eigenvalue weighted by molar-refractivity contribution is -0.118. The predicted octanol–water partition coefficient (Wildman–Crippen LogP) is 4.65. The van der Waals surface area contributed by atoms with Gasteiger partial charge in [0, 0.05) is 5.69 Å². The lowest BCUT2D eigenvalue weighted by Gasteiger charge is -2.19. The van der Waals surface area contributed by atoms with E-state index < -0.39 is 0 Å². The van der Waals surface area contributed by atoms with Crippen LogP contribution in [-0.2, 0) is 17.6 Å². The van der Waals surface area contributed by atoms with Crippen molar-refractivity contribution in [2.75, 3.05) is 11.9 Å². The molecule has 0 saturated heterocycles. The summed E-state index contributed by atoms with van der Waals surface area (Å²) in [6.07, 6.45) is 4.56. The molecule has 0 bridgehead atoms. The second-order valence-corrected chi connectivity index (χ2v) is 6.78. The van der Waals surface area contributed by atoms with E-state index in [2.05, 4.69) is 27.3 Å². The first-order chi connectivity index (χ1) is 11.1. The number of fused-ring (bicyclic) bond motifs is 1. The lowest BCUT2D eigenvalue weighted by atomic mass is 9.90.